The Bertz CT molecular complexity index is 1170. The molecule has 0 N–H and O–H groups in total. The molecule has 3 aromatic carbocycles. The van der Waals surface area contributed by atoms with E-state index in [1.165, 1.54) is 17.3 Å². The van der Waals surface area contributed by atoms with E-state index in [0.717, 1.165) is 40.6 Å². The zero-order valence-electron chi connectivity index (χ0n) is 18.1. The molecule has 1 heterocycles. The first-order valence-electron chi connectivity index (χ1n) is 10.5. The Hall–Kier alpha value is -3.05. The molecule has 1 aliphatic rings. The number of aliphatic imine (C=N–C) groups is 1. The third-order valence-corrected chi connectivity index (χ3v) is 6.28. The number of ether oxygens (including phenoxy) is 1. The molecule has 0 spiro atoms. The minimum atomic E-state index is -0.0387. The normalized spacial score (nSPS) is 16.6. The molecule has 0 aromatic heterocycles. The first kappa shape index (κ1) is 21.2. The van der Waals surface area contributed by atoms with Crippen molar-refractivity contribution in [2.45, 2.75) is 26.7 Å². The number of nitrogens with zero attached hydrogens (tertiary/aromatic N) is 2. The zero-order chi connectivity index (χ0) is 21.8. The van der Waals surface area contributed by atoms with Crippen molar-refractivity contribution in [2.75, 3.05) is 13.7 Å². The molecule has 1 fully saturated rings. The quantitative estimate of drug-likeness (QED) is 0.328. The highest BCUT2D eigenvalue weighted by atomic mass is 32.2. The summed E-state index contributed by atoms with van der Waals surface area (Å²) in [6, 6.07) is 20.2. The van der Waals surface area contributed by atoms with Crippen LogP contribution >= 0.6 is 11.8 Å². The maximum atomic E-state index is 12.9. The van der Waals surface area contributed by atoms with Gasteiger partial charge in [0, 0.05) is 12.4 Å². The summed E-state index contributed by atoms with van der Waals surface area (Å²) in [5.74, 6) is 0.846. The molecule has 0 aliphatic carbocycles. The molecule has 5 heteroatoms. The molecule has 0 unspecified atom stereocenters. The maximum absolute atomic E-state index is 12.9. The minimum Gasteiger partial charge on any atom is -0.493 e. The van der Waals surface area contributed by atoms with Crippen molar-refractivity contribution in [3.63, 3.8) is 0 Å². The van der Waals surface area contributed by atoms with Crippen molar-refractivity contribution in [3.05, 3.63) is 76.7 Å². The number of fused-ring (bicyclic) bond motifs is 1. The zero-order valence-corrected chi connectivity index (χ0v) is 18.9. The fourth-order valence-corrected chi connectivity index (χ4v) is 4.37. The van der Waals surface area contributed by atoms with Crippen LogP contribution in [0.25, 0.3) is 16.8 Å². The van der Waals surface area contributed by atoms with Crippen molar-refractivity contribution in [1.82, 2.24) is 4.90 Å². The molecule has 3 aromatic rings. The summed E-state index contributed by atoms with van der Waals surface area (Å²) >= 11 is 1.41. The average Bonchev–Trinajstić information content (AvgIpc) is 3.04. The van der Waals surface area contributed by atoms with E-state index in [1.54, 1.807) is 11.9 Å². The molecule has 0 bridgehead atoms. The van der Waals surface area contributed by atoms with Gasteiger partial charge in [0.1, 0.15) is 5.75 Å². The van der Waals surface area contributed by atoms with Crippen molar-refractivity contribution < 1.29 is 9.53 Å². The molecule has 31 heavy (non-hydrogen) atoms. The summed E-state index contributed by atoms with van der Waals surface area (Å²) in [4.78, 5) is 19.8. The number of unbranched alkanes of at least 4 members (excludes halogenated alkanes) is 1. The molecule has 1 saturated heterocycles. The maximum Gasteiger partial charge on any atom is 0.266 e. The Morgan fingerprint density at radius 3 is 2.52 bits per heavy atom. The van der Waals surface area contributed by atoms with Gasteiger partial charge in [-0.25, -0.2) is 4.99 Å². The van der Waals surface area contributed by atoms with E-state index >= 15 is 0 Å². The molecule has 0 atom stereocenters. The number of carbonyl (C=O) groups is 1. The lowest BCUT2D eigenvalue weighted by Gasteiger charge is -2.11. The fourth-order valence-electron chi connectivity index (χ4n) is 3.40. The smallest absolute Gasteiger partial charge is 0.266 e. The Labute approximate surface area is 187 Å². The second-order valence-corrected chi connectivity index (χ2v) is 8.61. The van der Waals surface area contributed by atoms with Crippen molar-refractivity contribution >= 4 is 45.4 Å². The Kier molecular flexibility index (Phi) is 6.42. The second kappa shape index (κ2) is 9.40. The van der Waals surface area contributed by atoms with Gasteiger partial charge >= 0.3 is 0 Å². The molecule has 0 saturated carbocycles. The van der Waals surface area contributed by atoms with Gasteiger partial charge in [-0.1, -0.05) is 61.4 Å². The van der Waals surface area contributed by atoms with Crippen molar-refractivity contribution in [1.29, 1.82) is 0 Å². The van der Waals surface area contributed by atoms with Crippen LogP contribution in [0.15, 0.2) is 70.6 Å². The Morgan fingerprint density at radius 2 is 1.77 bits per heavy atom. The topological polar surface area (TPSA) is 41.9 Å². The lowest BCUT2D eigenvalue weighted by Crippen LogP contribution is -2.23. The highest BCUT2D eigenvalue weighted by Gasteiger charge is 2.30. The molecule has 4 nitrogen and oxygen atoms in total. The van der Waals surface area contributed by atoms with Gasteiger partial charge in [0.15, 0.2) is 5.17 Å². The third kappa shape index (κ3) is 4.67. The largest absolute Gasteiger partial charge is 0.493 e. The Balaban J connectivity index is 1.66. The molecular weight excluding hydrogens is 404 g/mol. The number of amidine groups is 1. The number of likely N-dealkylation sites (N-methyl/N-ethyl adjacent to an activating group) is 1. The highest BCUT2D eigenvalue weighted by molar-refractivity contribution is 8.18. The number of thioether (sulfide) groups is 1. The number of aryl methyl sites for hydroxylation is 1. The van der Waals surface area contributed by atoms with Crippen molar-refractivity contribution in [2.24, 2.45) is 4.99 Å². The predicted octanol–water partition coefficient (Wildman–Crippen LogP) is 6.56. The lowest BCUT2D eigenvalue weighted by molar-refractivity contribution is -0.121. The van der Waals surface area contributed by atoms with Crippen LogP contribution in [0, 0.1) is 6.92 Å². The van der Waals surface area contributed by atoms with Crippen LogP contribution in [0.2, 0.25) is 0 Å². The van der Waals surface area contributed by atoms with E-state index in [1.807, 2.05) is 61.5 Å². The summed E-state index contributed by atoms with van der Waals surface area (Å²) in [7, 11) is 1.77. The standard InChI is InChI=1S/C26H26N2O2S/c1-4-5-16-30-23-15-12-19(21-8-6-7-9-22(21)23)17-24-25(29)28(3)26(31-24)27-20-13-10-18(2)11-14-20/h6-15,17H,4-5,16H2,1-3H3/b24-17+,27-26?. The van der Waals surface area contributed by atoms with E-state index in [-0.39, 0.29) is 5.91 Å². The van der Waals surface area contributed by atoms with E-state index in [9.17, 15) is 4.79 Å². The molecule has 4 rings (SSSR count). The van der Waals surface area contributed by atoms with Crippen LogP contribution in [0.3, 0.4) is 0 Å². The SMILES string of the molecule is CCCCOc1ccc(/C=C2/SC(=Nc3ccc(C)cc3)N(C)C2=O)c2ccccc12. The number of benzene rings is 3. The minimum absolute atomic E-state index is 0.0387. The summed E-state index contributed by atoms with van der Waals surface area (Å²) in [5, 5.41) is 2.82. The summed E-state index contributed by atoms with van der Waals surface area (Å²) in [5.41, 5.74) is 3.02. The number of carbonyl (C=O) groups excluding carboxylic acids is 1. The highest BCUT2D eigenvalue weighted by Crippen LogP contribution is 2.36. The van der Waals surface area contributed by atoms with Crippen LogP contribution in [-0.4, -0.2) is 29.6 Å². The van der Waals surface area contributed by atoms with Gasteiger partial charge in [-0.05, 0) is 60.3 Å². The van der Waals surface area contributed by atoms with Crippen LogP contribution in [0.5, 0.6) is 5.75 Å². The predicted molar refractivity (Wildman–Crippen MR) is 131 cm³/mol. The van der Waals surface area contributed by atoms with E-state index in [2.05, 4.69) is 24.0 Å². The van der Waals surface area contributed by atoms with Gasteiger partial charge in [-0.15, -0.1) is 0 Å². The fraction of sp³-hybridized carbons (Fsp3) is 0.231. The Morgan fingerprint density at radius 1 is 1.03 bits per heavy atom. The molecule has 1 amide bonds. The van der Waals surface area contributed by atoms with E-state index in [4.69, 9.17) is 4.74 Å². The number of hydrogen-bond acceptors (Lipinski definition) is 4. The summed E-state index contributed by atoms with van der Waals surface area (Å²) in [6.07, 6.45) is 4.08. The van der Waals surface area contributed by atoms with Crippen LogP contribution in [0.1, 0.15) is 30.9 Å². The van der Waals surface area contributed by atoms with Gasteiger partial charge < -0.3 is 4.74 Å². The van der Waals surface area contributed by atoms with Gasteiger partial charge in [-0.2, -0.15) is 0 Å². The second-order valence-electron chi connectivity index (χ2n) is 7.61. The van der Waals surface area contributed by atoms with E-state index < -0.39 is 0 Å². The summed E-state index contributed by atoms with van der Waals surface area (Å²) < 4.78 is 5.99. The van der Waals surface area contributed by atoms with Crippen molar-refractivity contribution in [3.8, 4) is 5.75 Å². The van der Waals surface area contributed by atoms with Gasteiger partial charge in [0.2, 0.25) is 0 Å². The van der Waals surface area contributed by atoms with Crippen LogP contribution < -0.4 is 4.74 Å². The van der Waals surface area contributed by atoms with E-state index in [0.29, 0.717) is 16.7 Å². The van der Waals surface area contributed by atoms with Crippen LogP contribution in [-0.2, 0) is 4.79 Å². The first-order valence-corrected chi connectivity index (χ1v) is 11.4. The molecule has 158 valence electrons. The monoisotopic (exact) mass is 430 g/mol. The number of amides is 1. The van der Waals surface area contributed by atoms with Gasteiger partial charge in [0.05, 0.1) is 17.2 Å². The molecule has 0 radical (unpaired) electrons. The van der Waals surface area contributed by atoms with Gasteiger partial charge in [0.25, 0.3) is 5.91 Å². The lowest BCUT2D eigenvalue weighted by atomic mass is 10.0. The third-order valence-electron chi connectivity index (χ3n) is 5.22. The number of hydrogen-bond donors (Lipinski definition) is 0. The average molecular weight is 431 g/mol. The van der Waals surface area contributed by atoms with Gasteiger partial charge in [-0.3, -0.25) is 9.69 Å². The first-order chi connectivity index (χ1) is 15.1. The molecular formula is C26H26N2O2S. The molecule has 1 aliphatic heterocycles. The summed E-state index contributed by atoms with van der Waals surface area (Å²) in [6.45, 7) is 4.90. The van der Waals surface area contributed by atoms with Crippen LogP contribution in [0.4, 0.5) is 5.69 Å². The number of rotatable bonds is 6.